The molecule has 170 valence electrons. The highest BCUT2D eigenvalue weighted by molar-refractivity contribution is 6.02. The first kappa shape index (κ1) is 23.5. The number of carbonyl (C=O) groups excluding carboxylic acids is 3. The summed E-state index contributed by atoms with van der Waals surface area (Å²) in [6, 6.07) is 21.3. The van der Waals surface area contributed by atoms with Gasteiger partial charge in [-0.15, -0.1) is 0 Å². The summed E-state index contributed by atoms with van der Waals surface area (Å²) >= 11 is 0. The second kappa shape index (κ2) is 11.5. The van der Waals surface area contributed by atoms with Gasteiger partial charge in [0, 0.05) is 12.1 Å². The molecule has 3 aromatic carbocycles. The van der Waals surface area contributed by atoms with E-state index >= 15 is 0 Å². The summed E-state index contributed by atoms with van der Waals surface area (Å²) in [6.45, 7) is 1.43. The molecule has 0 aliphatic rings. The molecule has 0 aliphatic carbocycles. The maximum absolute atomic E-state index is 12.5. The Kier molecular flexibility index (Phi) is 8.18. The van der Waals surface area contributed by atoms with Crippen molar-refractivity contribution in [2.75, 3.05) is 24.4 Å². The van der Waals surface area contributed by atoms with Gasteiger partial charge >= 0.3 is 5.97 Å². The largest absolute Gasteiger partial charge is 0.497 e. The molecule has 0 saturated carbocycles. The number of anilines is 2. The Balaban J connectivity index is 1.54. The average Bonchev–Trinajstić information content (AvgIpc) is 2.83. The topological polar surface area (TPSA) is 93.7 Å². The van der Waals surface area contributed by atoms with Gasteiger partial charge in [0.15, 0.2) is 6.61 Å². The van der Waals surface area contributed by atoms with Crippen LogP contribution in [0.3, 0.4) is 0 Å². The summed E-state index contributed by atoms with van der Waals surface area (Å²) in [7, 11) is 1.60. The molecule has 0 aliphatic heterocycles. The number of benzene rings is 3. The SMILES string of the molecule is COc1ccc(CCC(=O)Nc2ccccc2C(=O)OCC(=O)Nc2ccccc2C)cc1. The van der Waals surface area contributed by atoms with Crippen LogP contribution in [0.5, 0.6) is 5.75 Å². The minimum Gasteiger partial charge on any atom is -0.497 e. The maximum Gasteiger partial charge on any atom is 0.340 e. The van der Waals surface area contributed by atoms with Gasteiger partial charge < -0.3 is 20.1 Å². The van der Waals surface area contributed by atoms with E-state index in [2.05, 4.69) is 10.6 Å². The fourth-order valence-corrected chi connectivity index (χ4v) is 3.14. The summed E-state index contributed by atoms with van der Waals surface area (Å²) < 4.78 is 10.3. The van der Waals surface area contributed by atoms with E-state index in [0.717, 1.165) is 16.9 Å². The molecule has 0 aromatic heterocycles. The molecule has 7 nitrogen and oxygen atoms in total. The van der Waals surface area contributed by atoms with Crippen molar-refractivity contribution in [3.05, 3.63) is 89.5 Å². The van der Waals surface area contributed by atoms with E-state index in [1.54, 1.807) is 37.4 Å². The van der Waals surface area contributed by atoms with Crippen molar-refractivity contribution in [1.82, 2.24) is 0 Å². The van der Waals surface area contributed by atoms with Gasteiger partial charge in [0.2, 0.25) is 5.91 Å². The highest BCUT2D eigenvalue weighted by Gasteiger charge is 2.16. The Hall–Kier alpha value is -4.13. The van der Waals surface area contributed by atoms with E-state index in [0.29, 0.717) is 17.8 Å². The van der Waals surface area contributed by atoms with Crippen LogP contribution in [-0.2, 0) is 20.7 Å². The first-order valence-electron chi connectivity index (χ1n) is 10.5. The molecule has 0 fully saturated rings. The molecule has 3 aromatic rings. The minimum absolute atomic E-state index is 0.180. The van der Waals surface area contributed by atoms with E-state index in [9.17, 15) is 14.4 Å². The molecule has 7 heteroatoms. The Morgan fingerprint density at radius 2 is 1.42 bits per heavy atom. The Labute approximate surface area is 192 Å². The minimum atomic E-state index is -0.694. The zero-order valence-corrected chi connectivity index (χ0v) is 18.6. The summed E-state index contributed by atoms with van der Waals surface area (Å²) in [5, 5.41) is 5.46. The smallest absolute Gasteiger partial charge is 0.340 e. The van der Waals surface area contributed by atoms with E-state index < -0.39 is 18.5 Å². The standard InChI is InChI=1S/C26H26N2O5/c1-18-7-3-5-9-22(18)27-25(30)17-33-26(31)21-8-4-6-10-23(21)28-24(29)16-13-19-11-14-20(32-2)15-12-19/h3-12,14-15H,13,16-17H2,1-2H3,(H,27,30)(H,28,29). The van der Waals surface area contributed by atoms with Gasteiger partial charge in [-0.1, -0.05) is 42.5 Å². The number of hydrogen-bond donors (Lipinski definition) is 2. The van der Waals surface area contributed by atoms with Crippen LogP contribution in [0.25, 0.3) is 0 Å². The predicted octanol–water partition coefficient (Wildman–Crippen LogP) is 4.37. The van der Waals surface area contributed by atoms with Crippen molar-refractivity contribution < 1.29 is 23.9 Å². The lowest BCUT2D eigenvalue weighted by atomic mass is 10.1. The number of amides is 2. The second-order valence-electron chi connectivity index (χ2n) is 7.38. The van der Waals surface area contributed by atoms with Crippen molar-refractivity contribution in [2.24, 2.45) is 0 Å². The van der Waals surface area contributed by atoms with E-state index in [-0.39, 0.29) is 17.9 Å². The van der Waals surface area contributed by atoms with Crippen LogP contribution in [0.4, 0.5) is 11.4 Å². The summed E-state index contributed by atoms with van der Waals surface area (Å²) in [5.74, 6) is -0.619. The third-order valence-electron chi connectivity index (χ3n) is 4.97. The van der Waals surface area contributed by atoms with Gasteiger partial charge in [0.25, 0.3) is 5.91 Å². The number of aryl methyl sites for hydroxylation is 2. The number of para-hydroxylation sites is 2. The normalized spacial score (nSPS) is 10.2. The zero-order valence-electron chi connectivity index (χ0n) is 18.6. The van der Waals surface area contributed by atoms with E-state index in [4.69, 9.17) is 9.47 Å². The van der Waals surface area contributed by atoms with Crippen molar-refractivity contribution in [1.29, 1.82) is 0 Å². The third-order valence-corrected chi connectivity index (χ3v) is 4.97. The molecule has 2 N–H and O–H groups in total. The number of rotatable bonds is 9. The maximum atomic E-state index is 12.5. The van der Waals surface area contributed by atoms with Crippen LogP contribution >= 0.6 is 0 Å². The highest BCUT2D eigenvalue weighted by atomic mass is 16.5. The molecule has 0 spiro atoms. The quantitative estimate of drug-likeness (QED) is 0.476. The number of nitrogens with one attached hydrogen (secondary N) is 2. The lowest BCUT2D eigenvalue weighted by Crippen LogP contribution is -2.22. The van der Waals surface area contributed by atoms with Crippen LogP contribution < -0.4 is 15.4 Å². The number of methoxy groups -OCH3 is 1. The Morgan fingerprint density at radius 1 is 0.788 bits per heavy atom. The van der Waals surface area contributed by atoms with Crippen LogP contribution in [0.2, 0.25) is 0 Å². The lowest BCUT2D eigenvalue weighted by Gasteiger charge is -2.12. The van der Waals surface area contributed by atoms with Gasteiger partial charge in [0.1, 0.15) is 5.75 Å². The lowest BCUT2D eigenvalue weighted by molar-refractivity contribution is -0.119. The van der Waals surface area contributed by atoms with E-state index in [1.807, 2.05) is 49.4 Å². The molecule has 0 saturated heterocycles. The Bertz CT molecular complexity index is 1130. The van der Waals surface area contributed by atoms with Crippen molar-refractivity contribution in [3.8, 4) is 5.75 Å². The molecule has 0 atom stereocenters. The fraction of sp³-hybridized carbons (Fsp3) is 0.192. The molecule has 3 rings (SSSR count). The molecular weight excluding hydrogens is 420 g/mol. The average molecular weight is 447 g/mol. The number of hydrogen-bond acceptors (Lipinski definition) is 5. The summed E-state index contributed by atoms with van der Waals surface area (Å²) in [4.78, 5) is 37.1. The molecule has 33 heavy (non-hydrogen) atoms. The summed E-state index contributed by atoms with van der Waals surface area (Å²) in [6.07, 6.45) is 0.788. The molecule has 0 radical (unpaired) electrons. The van der Waals surface area contributed by atoms with Gasteiger partial charge in [-0.3, -0.25) is 9.59 Å². The first-order chi connectivity index (χ1) is 16.0. The van der Waals surface area contributed by atoms with Crippen LogP contribution in [0.15, 0.2) is 72.8 Å². The summed E-state index contributed by atoms with van der Waals surface area (Å²) in [5.41, 5.74) is 3.07. The highest BCUT2D eigenvalue weighted by Crippen LogP contribution is 2.18. The van der Waals surface area contributed by atoms with Crippen molar-refractivity contribution in [2.45, 2.75) is 19.8 Å². The van der Waals surface area contributed by atoms with Crippen molar-refractivity contribution >= 4 is 29.2 Å². The van der Waals surface area contributed by atoms with E-state index in [1.165, 1.54) is 0 Å². The fourth-order valence-electron chi connectivity index (χ4n) is 3.14. The van der Waals surface area contributed by atoms with Gasteiger partial charge in [-0.05, 0) is 54.8 Å². The monoisotopic (exact) mass is 446 g/mol. The predicted molar refractivity (Wildman–Crippen MR) is 126 cm³/mol. The number of esters is 1. The van der Waals surface area contributed by atoms with Crippen LogP contribution in [0.1, 0.15) is 27.9 Å². The van der Waals surface area contributed by atoms with Crippen LogP contribution in [0, 0.1) is 6.92 Å². The van der Waals surface area contributed by atoms with Gasteiger partial charge in [-0.25, -0.2) is 4.79 Å². The number of ether oxygens (including phenoxy) is 2. The molecule has 0 unspecified atom stereocenters. The second-order valence-corrected chi connectivity index (χ2v) is 7.38. The zero-order chi connectivity index (χ0) is 23.6. The van der Waals surface area contributed by atoms with Crippen molar-refractivity contribution in [3.63, 3.8) is 0 Å². The molecular formula is C26H26N2O5. The van der Waals surface area contributed by atoms with Crippen LogP contribution in [-0.4, -0.2) is 31.5 Å². The third kappa shape index (κ3) is 6.93. The molecule has 0 heterocycles. The molecule has 2 amide bonds. The number of carbonyl (C=O) groups is 3. The van der Waals surface area contributed by atoms with Gasteiger partial charge in [-0.2, -0.15) is 0 Å². The van der Waals surface area contributed by atoms with Gasteiger partial charge in [0.05, 0.1) is 18.4 Å². The Morgan fingerprint density at radius 3 is 2.12 bits per heavy atom. The molecule has 0 bridgehead atoms. The first-order valence-corrected chi connectivity index (χ1v) is 10.5.